The summed E-state index contributed by atoms with van der Waals surface area (Å²) in [7, 11) is 1.59. The molecule has 0 spiro atoms. The molecule has 0 aliphatic carbocycles. The molecule has 1 aromatic carbocycles. The zero-order valence-corrected chi connectivity index (χ0v) is 12.2. The number of hydrogen-bond donors (Lipinski definition) is 2. The van der Waals surface area contributed by atoms with Gasteiger partial charge in [-0.15, -0.1) is 0 Å². The lowest BCUT2D eigenvalue weighted by Crippen LogP contribution is -2.42. The Hall–Kier alpha value is -0.910. The minimum atomic E-state index is -0.533. The molecule has 1 amide bonds. The van der Waals surface area contributed by atoms with E-state index in [1.807, 2.05) is 31.2 Å². The van der Waals surface area contributed by atoms with Crippen molar-refractivity contribution in [3.63, 3.8) is 0 Å². The van der Waals surface area contributed by atoms with Gasteiger partial charge in [0.15, 0.2) is 0 Å². The Kier molecular flexibility index (Phi) is 6.32. The van der Waals surface area contributed by atoms with Crippen molar-refractivity contribution in [3.05, 3.63) is 34.3 Å². The number of nitrogens with one attached hydrogen (secondary N) is 1. The van der Waals surface area contributed by atoms with Gasteiger partial charge in [-0.25, -0.2) is 0 Å². The molecule has 0 heterocycles. The zero-order valence-electron chi connectivity index (χ0n) is 10.7. The van der Waals surface area contributed by atoms with E-state index in [0.29, 0.717) is 13.0 Å². The molecule has 0 fully saturated rings. The highest BCUT2D eigenvalue weighted by molar-refractivity contribution is 9.10. The molecule has 3 N–H and O–H groups in total. The van der Waals surface area contributed by atoms with Crippen molar-refractivity contribution < 1.29 is 9.53 Å². The first kappa shape index (κ1) is 15.1. The van der Waals surface area contributed by atoms with Gasteiger partial charge in [0, 0.05) is 18.2 Å². The van der Waals surface area contributed by atoms with Gasteiger partial charge < -0.3 is 15.8 Å². The number of benzene rings is 1. The molecule has 0 aliphatic rings. The summed E-state index contributed by atoms with van der Waals surface area (Å²) in [5.74, 6) is -0.157. The van der Waals surface area contributed by atoms with Crippen LogP contribution in [0.25, 0.3) is 0 Å². The van der Waals surface area contributed by atoms with Crippen LogP contribution in [-0.2, 0) is 9.53 Å². The largest absolute Gasteiger partial charge is 0.385 e. The van der Waals surface area contributed by atoms with Crippen molar-refractivity contribution in [2.75, 3.05) is 13.7 Å². The maximum absolute atomic E-state index is 11.8. The fourth-order valence-corrected chi connectivity index (χ4v) is 2.23. The van der Waals surface area contributed by atoms with E-state index >= 15 is 0 Å². The van der Waals surface area contributed by atoms with E-state index in [1.165, 1.54) is 0 Å². The van der Waals surface area contributed by atoms with Gasteiger partial charge >= 0.3 is 0 Å². The lowest BCUT2D eigenvalue weighted by atomic mass is 10.1. The minimum absolute atomic E-state index is 0.0818. The van der Waals surface area contributed by atoms with E-state index < -0.39 is 6.04 Å². The Morgan fingerprint density at radius 3 is 2.78 bits per heavy atom. The first-order chi connectivity index (χ1) is 8.56. The standard InChI is InChI=1S/C13H19BrN2O2/c1-9(10-5-3-4-6-11(10)14)16-13(17)12(15)7-8-18-2/h3-6,9,12H,7-8,15H2,1-2H3,(H,16,17). The quantitative estimate of drug-likeness (QED) is 0.844. The van der Waals surface area contributed by atoms with Crippen LogP contribution in [0, 0.1) is 0 Å². The molecular weight excluding hydrogens is 296 g/mol. The van der Waals surface area contributed by atoms with Crippen LogP contribution in [0.2, 0.25) is 0 Å². The van der Waals surface area contributed by atoms with Gasteiger partial charge in [-0.05, 0) is 25.0 Å². The number of rotatable bonds is 6. The minimum Gasteiger partial charge on any atom is -0.385 e. The number of nitrogens with two attached hydrogens (primary N) is 1. The molecule has 0 aromatic heterocycles. The third kappa shape index (κ3) is 4.40. The SMILES string of the molecule is COCCC(N)C(=O)NC(C)c1ccccc1Br. The van der Waals surface area contributed by atoms with Crippen LogP contribution in [0.4, 0.5) is 0 Å². The predicted octanol–water partition coefficient (Wildman–Crippen LogP) is 1.99. The van der Waals surface area contributed by atoms with Gasteiger partial charge in [-0.3, -0.25) is 4.79 Å². The van der Waals surface area contributed by atoms with Crippen LogP contribution in [0.15, 0.2) is 28.7 Å². The lowest BCUT2D eigenvalue weighted by molar-refractivity contribution is -0.123. The molecule has 100 valence electrons. The molecule has 2 unspecified atom stereocenters. The number of ether oxygens (including phenoxy) is 1. The summed E-state index contributed by atoms with van der Waals surface area (Å²) in [5, 5.41) is 2.90. The molecule has 0 saturated heterocycles. The fourth-order valence-electron chi connectivity index (χ4n) is 1.60. The Labute approximate surface area is 116 Å². The van der Waals surface area contributed by atoms with E-state index in [-0.39, 0.29) is 11.9 Å². The Morgan fingerprint density at radius 2 is 2.17 bits per heavy atom. The first-order valence-electron chi connectivity index (χ1n) is 5.85. The van der Waals surface area contributed by atoms with Gasteiger partial charge in [0.05, 0.1) is 12.1 Å². The summed E-state index contributed by atoms with van der Waals surface area (Å²) in [6.45, 7) is 2.42. The van der Waals surface area contributed by atoms with Crippen LogP contribution in [0.5, 0.6) is 0 Å². The molecule has 0 saturated carbocycles. The molecule has 1 aromatic rings. The number of halogens is 1. The average molecular weight is 315 g/mol. The molecule has 0 radical (unpaired) electrons. The molecule has 2 atom stereocenters. The fraction of sp³-hybridized carbons (Fsp3) is 0.462. The molecule has 0 aliphatic heterocycles. The topological polar surface area (TPSA) is 64.3 Å². The normalized spacial score (nSPS) is 14.0. The molecule has 0 bridgehead atoms. The predicted molar refractivity (Wildman–Crippen MR) is 75.2 cm³/mol. The van der Waals surface area contributed by atoms with E-state index in [4.69, 9.17) is 10.5 Å². The maximum atomic E-state index is 11.8. The van der Waals surface area contributed by atoms with Gasteiger partial charge in [-0.1, -0.05) is 34.1 Å². The summed E-state index contributed by atoms with van der Waals surface area (Å²) < 4.78 is 5.88. The van der Waals surface area contributed by atoms with Crippen molar-refractivity contribution in [2.45, 2.75) is 25.4 Å². The third-order valence-electron chi connectivity index (χ3n) is 2.70. The van der Waals surface area contributed by atoms with Crippen LogP contribution in [0.3, 0.4) is 0 Å². The second-order valence-corrected chi connectivity index (χ2v) is 4.99. The summed E-state index contributed by atoms with van der Waals surface area (Å²) >= 11 is 3.46. The summed E-state index contributed by atoms with van der Waals surface area (Å²) in [6, 6.07) is 7.18. The maximum Gasteiger partial charge on any atom is 0.237 e. The number of carbonyl (C=O) groups excluding carboxylic acids is 1. The number of carbonyl (C=O) groups is 1. The Morgan fingerprint density at radius 1 is 1.50 bits per heavy atom. The monoisotopic (exact) mass is 314 g/mol. The Balaban J connectivity index is 2.57. The Bertz CT molecular complexity index is 398. The van der Waals surface area contributed by atoms with Crippen molar-refractivity contribution in [2.24, 2.45) is 5.73 Å². The van der Waals surface area contributed by atoms with E-state index in [1.54, 1.807) is 7.11 Å². The van der Waals surface area contributed by atoms with Crippen molar-refractivity contribution in [1.29, 1.82) is 0 Å². The molecule has 5 heteroatoms. The molecule has 18 heavy (non-hydrogen) atoms. The van der Waals surface area contributed by atoms with Crippen LogP contribution in [-0.4, -0.2) is 25.7 Å². The second kappa shape index (κ2) is 7.51. The number of methoxy groups -OCH3 is 1. The summed E-state index contributed by atoms with van der Waals surface area (Å²) in [6.07, 6.45) is 0.519. The van der Waals surface area contributed by atoms with Crippen LogP contribution < -0.4 is 11.1 Å². The van der Waals surface area contributed by atoms with Crippen molar-refractivity contribution in [1.82, 2.24) is 5.32 Å². The third-order valence-corrected chi connectivity index (χ3v) is 3.42. The highest BCUT2D eigenvalue weighted by atomic mass is 79.9. The number of amides is 1. The average Bonchev–Trinajstić information content (AvgIpc) is 2.36. The van der Waals surface area contributed by atoms with Crippen LogP contribution >= 0.6 is 15.9 Å². The zero-order chi connectivity index (χ0) is 13.5. The highest BCUT2D eigenvalue weighted by Gasteiger charge is 2.17. The molecule has 1 rings (SSSR count). The number of hydrogen-bond acceptors (Lipinski definition) is 3. The van der Waals surface area contributed by atoms with Crippen molar-refractivity contribution in [3.8, 4) is 0 Å². The van der Waals surface area contributed by atoms with Crippen molar-refractivity contribution >= 4 is 21.8 Å². The summed E-state index contributed by atoms with van der Waals surface area (Å²) in [5.41, 5.74) is 6.80. The second-order valence-electron chi connectivity index (χ2n) is 4.14. The smallest absolute Gasteiger partial charge is 0.237 e. The lowest BCUT2D eigenvalue weighted by Gasteiger charge is -2.18. The highest BCUT2D eigenvalue weighted by Crippen LogP contribution is 2.22. The van der Waals surface area contributed by atoms with Gasteiger partial charge in [-0.2, -0.15) is 0 Å². The van der Waals surface area contributed by atoms with E-state index in [2.05, 4.69) is 21.2 Å². The molecule has 4 nitrogen and oxygen atoms in total. The van der Waals surface area contributed by atoms with E-state index in [0.717, 1.165) is 10.0 Å². The molecular formula is C13H19BrN2O2. The summed E-state index contributed by atoms with van der Waals surface area (Å²) in [4.78, 5) is 11.8. The van der Waals surface area contributed by atoms with E-state index in [9.17, 15) is 4.79 Å². The van der Waals surface area contributed by atoms with Gasteiger partial charge in [0.25, 0.3) is 0 Å². The first-order valence-corrected chi connectivity index (χ1v) is 6.65. The van der Waals surface area contributed by atoms with Crippen LogP contribution in [0.1, 0.15) is 24.9 Å². The van der Waals surface area contributed by atoms with Gasteiger partial charge in [0.2, 0.25) is 5.91 Å². The van der Waals surface area contributed by atoms with Gasteiger partial charge in [0.1, 0.15) is 0 Å².